The van der Waals surface area contributed by atoms with Gasteiger partial charge in [0.1, 0.15) is 28.6 Å². The van der Waals surface area contributed by atoms with Crippen LogP contribution in [0.1, 0.15) is 17.3 Å². The second-order valence-corrected chi connectivity index (χ2v) is 7.01. The van der Waals surface area contributed by atoms with Crippen LogP contribution in [0.2, 0.25) is 0 Å². The van der Waals surface area contributed by atoms with Crippen LogP contribution in [0.15, 0.2) is 45.4 Å². The number of nitrogens with zero attached hydrogens (tertiary/aromatic N) is 1. The van der Waals surface area contributed by atoms with Crippen molar-refractivity contribution in [2.24, 2.45) is 4.99 Å². The number of ether oxygens (including phenoxy) is 4. The van der Waals surface area contributed by atoms with Crippen molar-refractivity contribution in [3.63, 3.8) is 0 Å². The quantitative estimate of drug-likeness (QED) is 0.780. The van der Waals surface area contributed by atoms with Crippen LogP contribution in [-0.2, 0) is 4.79 Å². The molecule has 0 spiro atoms. The molecule has 2 aromatic carbocycles. The van der Waals surface area contributed by atoms with Crippen LogP contribution in [0, 0.1) is 0 Å². The predicted octanol–water partition coefficient (Wildman–Crippen LogP) is 3.48. The number of nitrogens with one attached hydrogen (secondary N) is 1. The Bertz CT molecular complexity index is 1010. The molecule has 0 bridgehead atoms. The summed E-state index contributed by atoms with van der Waals surface area (Å²) in [5, 5.41) is 2.88. The number of fused-ring (bicyclic) bond motifs is 2. The number of amides is 1. The van der Waals surface area contributed by atoms with E-state index in [4.69, 9.17) is 18.9 Å². The molecular weight excluding hydrogens is 428 g/mol. The fourth-order valence-electron chi connectivity index (χ4n) is 3.15. The fraction of sp³-hybridized carbons (Fsp3) is 0.200. The Balaban J connectivity index is 1.81. The van der Waals surface area contributed by atoms with Gasteiger partial charge in [0, 0.05) is 22.2 Å². The normalized spacial score (nSPS) is 17.3. The zero-order chi connectivity index (χ0) is 19.8. The van der Waals surface area contributed by atoms with Crippen LogP contribution in [0.3, 0.4) is 0 Å². The van der Waals surface area contributed by atoms with Crippen molar-refractivity contribution in [3.05, 3.63) is 51.5 Å². The molecule has 8 heteroatoms. The second kappa shape index (κ2) is 7.20. The molecule has 0 fully saturated rings. The molecule has 2 aliphatic rings. The number of methoxy groups -OCH3 is 3. The Morgan fingerprint density at radius 1 is 1.07 bits per heavy atom. The van der Waals surface area contributed by atoms with E-state index in [1.54, 1.807) is 25.3 Å². The standard InChI is InChI=1S/C20H17BrN2O5/c1-25-12-8-15(26-2)17(16(9-12)27-3)18-22-19(24)13-7-10-6-11(21)4-5-14(10)28-20(13)23-18/h4-9,18H,1-3H3,(H,22,24). The van der Waals surface area contributed by atoms with E-state index in [0.29, 0.717) is 34.1 Å². The Morgan fingerprint density at radius 2 is 1.79 bits per heavy atom. The Morgan fingerprint density at radius 3 is 2.43 bits per heavy atom. The van der Waals surface area contributed by atoms with Gasteiger partial charge in [-0.3, -0.25) is 4.79 Å². The van der Waals surface area contributed by atoms with E-state index in [2.05, 4.69) is 26.2 Å². The molecule has 0 aliphatic carbocycles. The number of carbonyl (C=O) groups excluding carboxylic acids is 1. The molecule has 2 aromatic rings. The Labute approximate surface area is 170 Å². The van der Waals surface area contributed by atoms with Crippen LogP contribution in [-0.4, -0.2) is 33.1 Å². The molecule has 1 N–H and O–H groups in total. The first-order valence-electron chi connectivity index (χ1n) is 8.42. The average molecular weight is 445 g/mol. The van der Waals surface area contributed by atoms with Gasteiger partial charge in [0.2, 0.25) is 5.90 Å². The lowest BCUT2D eigenvalue weighted by atomic mass is 10.0. The van der Waals surface area contributed by atoms with Crippen LogP contribution in [0.4, 0.5) is 0 Å². The fourth-order valence-corrected chi connectivity index (χ4v) is 3.53. The summed E-state index contributed by atoms with van der Waals surface area (Å²) in [6.07, 6.45) is 1.03. The van der Waals surface area contributed by atoms with E-state index in [0.717, 1.165) is 10.0 Å². The SMILES string of the molecule is COc1cc(OC)c(C2N=C3Oc4ccc(Br)cc4C=C3C(=O)N2)c(OC)c1. The summed E-state index contributed by atoms with van der Waals surface area (Å²) in [5.74, 6) is 2.13. The molecule has 144 valence electrons. The lowest BCUT2D eigenvalue weighted by Crippen LogP contribution is -2.39. The maximum absolute atomic E-state index is 12.8. The number of carbonyl (C=O) groups is 1. The van der Waals surface area contributed by atoms with Gasteiger partial charge in [0.15, 0.2) is 6.17 Å². The smallest absolute Gasteiger partial charge is 0.258 e. The first-order valence-corrected chi connectivity index (χ1v) is 9.21. The lowest BCUT2D eigenvalue weighted by molar-refractivity contribution is -0.118. The monoisotopic (exact) mass is 444 g/mol. The summed E-state index contributed by atoms with van der Waals surface area (Å²) in [6.45, 7) is 0. The zero-order valence-electron chi connectivity index (χ0n) is 15.4. The molecule has 28 heavy (non-hydrogen) atoms. The highest BCUT2D eigenvalue weighted by Crippen LogP contribution is 2.41. The summed E-state index contributed by atoms with van der Waals surface area (Å²) in [7, 11) is 4.62. The van der Waals surface area contributed by atoms with Crippen LogP contribution < -0.4 is 24.3 Å². The van der Waals surface area contributed by atoms with Gasteiger partial charge >= 0.3 is 0 Å². The highest BCUT2D eigenvalue weighted by atomic mass is 79.9. The first kappa shape index (κ1) is 18.4. The van der Waals surface area contributed by atoms with E-state index in [-0.39, 0.29) is 11.8 Å². The topological polar surface area (TPSA) is 78.4 Å². The number of aliphatic imine (C=N–C) groups is 1. The maximum Gasteiger partial charge on any atom is 0.258 e. The number of hydrogen-bond donors (Lipinski definition) is 1. The minimum atomic E-state index is -0.729. The van der Waals surface area contributed by atoms with Crippen molar-refractivity contribution >= 4 is 33.8 Å². The third-order valence-corrected chi connectivity index (χ3v) is 4.99. The number of benzene rings is 2. The summed E-state index contributed by atoms with van der Waals surface area (Å²) in [6, 6.07) is 9.00. The molecule has 0 saturated carbocycles. The van der Waals surface area contributed by atoms with Crippen molar-refractivity contribution in [1.82, 2.24) is 5.32 Å². The third-order valence-electron chi connectivity index (χ3n) is 4.49. The minimum absolute atomic E-state index is 0.253. The predicted molar refractivity (Wildman–Crippen MR) is 107 cm³/mol. The van der Waals surface area contributed by atoms with Gasteiger partial charge in [-0.1, -0.05) is 15.9 Å². The van der Waals surface area contributed by atoms with Crippen molar-refractivity contribution in [2.75, 3.05) is 21.3 Å². The van der Waals surface area contributed by atoms with Gasteiger partial charge in [-0.2, -0.15) is 0 Å². The summed E-state index contributed by atoms with van der Waals surface area (Å²) >= 11 is 3.42. The minimum Gasteiger partial charge on any atom is -0.496 e. The molecule has 0 radical (unpaired) electrons. The van der Waals surface area contributed by atoms with Crippen molar-refractivity contribution in [3.8, 4) is 23.0 Å². The van der Waals surface area contributed by atoms with Gasteiger partial charge in [-0.25, -0.2) is 4.99 Å². The number of halogens is 1. The molecular formula is C20H17BrN2O5. The Kier molecular flexibility index (Phi) is 4.72. The molecule has 1 amide bonds. The summed E-state index contributed by atoms with van der Waals surface area (Å²) < 4.78 is 23.0. The van der Waals surface area contributed by atoms with E-state index in [1.165, 1.54) is 14.2 Å². The molecule has 1 atom stereocenters. The average Bonchev–Trinajstić information content (AvgIpc) is 2.71. The highest BCUT2D eigenvalue weighted by molar-refractivity contribution is 9.10. The maximum atomic E-state index is 12.8. The van der Waals surface area contributed by atoms with Crippen molar-refractivity contribution in [1.29, 1.82) is 0 Å². The van der Waals surface area contributed by atoms with E-state index >= 15 is 0 Å². The van der Waals surface area contributed by atoms with Crippen LogP contribution in [0.25, 0.3) is 6.08 Å². The van der Waals surface area contributed by atoms with Gasteiger partial charge in [0.25, 0.3) is 5.91 Å². The third kappa shape index (κ3) is 3.09. The largest absolute Gasteiger partial charge is 0.496 e. The zero-order valence-corrected chi connectivity index (χ0v) is 17.0. The van der Waals surface area contributed by atoms with Gasteiger partial charge in [-0.15, -0.1) is 0 Å². The Hall–Kier alpha value is -3.00. The summed E-state index contributed by atoms with van der Waals surface area (Å²) in [4.78, 5) is 17.4. The highest BCUT2D eigenvalue weighted by Gasteiger charge is 2.34. The van der Waals surface area contributed by atoms with Crippen molar-refractivity contribution in [2.45, 2.75) is 6.17 Å². The lowest BCUT2D eigenvalue weighted by Gasteiger charge is -2.28. The first-order chi connectivity index (χ1) is 13.5. The van der Waals surface area contributed by atoms with Gasteiger partial charge in [-0.05, 0) is 24.3 Å². The molecule has 2 aliphatic heterocycles. The molecule has 7 nitrogen and oxygen atoms in total. The molecule has 2 heterocycles. The van der Waals surface area contributed by atoms with E-state index < -0.39 is 6.17 Å². The van der Waals surface area contributed by atoms with E-state index in [9.17, 15) is 4.79 Å². The van der Waals surface area contributed by atoms with Crippen LogP contribution in [0.5, 0.6) is 23.0 Å². The van der Waals surface area contributed by atoms with Crippen LogP contribution >= 0.6 is 15.9 Å². The molecule has 1 unspecified atom stereocenters. The van der Waals surface area contributed by atoms with Gasteiger partial charge in [0.05, 0.1) is 26.9 Å². The number of hydrogen-bond acceptors (Lipinski definition) is 6. The second-order valence-electron chi connectivity index (χ2n) is 6.10. The summed E-state index contributed by atoms with van der Waals surface area (Å²) in [5.41, 5.74) is 1.75. The molecule has 0 aromatic heterocycles. The van der Waals surface area contributed by atoms with E-state index in [1.807, 2.05) is 18.2 Å². The van der Waals surface area contributed by atoms with Crippen molar-refractivity contribution < 1.29 is 23.7 Å². The number of rotatable bonds is 4. The molecule has 4 rings (SSSR count). The van der Waals surface area contributed by atoms with Gasteiger partial charge < -0.3 is 24.3 Å². The molecule has 0 saturated heterocycles.